The fraction of sp³-hybridized carbons (Fsp3) is 0.111. The molecule has 34 heavy (non-hydrogen) atoms. The Bertz CT molecular complexity index is 1200. The first kappa shape index (κ1) is 25.7. The SMILES string of the molecule is C=C(C)C(=O)Oc1ccc(C(=O)C=Cc2ccc(OC(=O)C(=C)C)c(OC(=O)C=CC)c2)cc1. The summed E-state index contributed by atoms with van der Waals surface area (Å²) in [6.45, 7) is 11.7. The maximum Gasteiger partial charge on any atom is 0.338 e. The number of hydrogen-bond acceptors (Lipinski definition) is 7. The Hall–Kier alpha value is -4.52. The maximum absolute atomic E-state index is 12.5. The largest absolute Gasteiger partial charge is 0.423 e. The molecule has 0 aliphatic heterocycles. The van der Waals surface area contributed by atoms with Crippen molar-refractivity contribution in [1.82, 2.24) is 0 Å². The van der Waals surface area contributed by atoms with Gasteiger partial charge in [-0.25, -0.2) is 14.4 Å². The fourth-order valence-corrected chi connectivity index (χ4v) is 2.41. The quantitative estimate of drug-likeness (QED) is 0.224. The molecule has 0 aliphatic carbocycles. The van der Waals surface area contributed by atoms with E-state index >= 15 is 0 Å². The highest BCUT2D eigenvalue weighted by atomic mass is 16.6. The second kappa shape index (κ2) is 11.9. The predicted molar refractivity (Wildman–Crippen MR) is 128 cm³/mol. The van der Waals surface area contributed by atoms with Crippen LogP contribution in [0.2, 0.25) is 0 Å². The van der Waals surface area contributed by atoms with E-state index < -0.39 is 17.9 Å². The topological polar surface area (TPSA) is 96.0 Å². The first-order valence-electron chi connectivity index (χ1n) is 10.2. The summed E-state index contributed by atoms with van der Waals surface area (Å²) in [6.07, 6.45) is 5.58. The van der Waals surface area contributed by atoms with Crippen LogP contribution < -0.4 is 14.2 Å². The molecule has 0 bridgehead atoms. The molecule has 0 spiro atoms. The van der Waals surface area contributed by atoms with E-state index in [1.54, 1.807) is 13.0 Å². The zero-order valence-corrected chi connectivity index (χ0v) is 19.1. The molecule has 0 radical (unpaired) electrons. The van der Waals surface area contributed by atoms with Crippen molar-refractivity contribution in [3.63, 3.8) is 0 Å². The molecule has 0 saturated heterocycles. The van der Waals surface area contributed by atoms with E-state index in [0.29, 0.717) is 16.9 Å². The van der Waals surface area contributed by atoms with Crippen LogP contribution in [0.1, 0.15) is 36.7 Å². The molecular weight excluding hydrogens is 436 g/mol. The zero-order valence-electron chi connectivity index (χ0n) is 19.1. The van der Waals surface area contributed by atoms with Crippen LogP contribution in [-0.4, -0.2) is 23.7 Å². The van der Waals surface area contributed by atoms with Crippen LogP contribution >= 0.6 is 0 Å². The highest BCUT2D eigenvalue weighted by molar-refractivity contribution is 6.07. The average molecular weight is 460 g/mol. The summed E-state index contributed by atoms with van der Waals surface area (Å²) in [7, 11) is 0. The lowest BCUT2D eigenvalue weighted by Crippen LogP contribution is -2.11. The molecule has 0 aliphatic rings. The van der Waals surface area contributed by atoms with Crippen molar-refractivity contribution in [2.24, 2.45) is 0 Å². The summed E-state index contributed by atoms with van der Waals surface area (Å²) < 4.78 is 15.6. The van der Waals surface area contributed by atoms with Gasteiger partial charge in [-0.3, -0.25) is 4.79 Å². The Balaban J connectivity index is 2.21. The second-order valence-electron chi connectivity index (χ2n) is 7.19. The normalized spacial score (nSPS) is 10.7. The number of ether oxygens (including phenoxy) is 3. The van der Waals surface area contributed by atoms with Gasteiger partial charge in [0, 0.05) is 22.8 Å². The van der Waals surface area contributed by atoms with E-state index in [0.717, 1.165) is 0 Å². The Morgan fingerprint density at radius 2 is 1.38 bits per heavy atom. The molecule has 0 aromatic heterocycles. The molecule has 2 aromatic rings. The molecule has 0 heterocycles. The number of carbonyl (C=O) groups excluding carboxylic acids is 4. The fourth-order valence-electron chi connectivity index (χ4n) is 2.41. The highest BCUT2D eigenvalue weighted by Gasteiger charge is 2.14. The first-order valence-corrected chi connectivity index (χ1v) is 10.2. The Morgan fingerprint density at radius 1 is 0.765 bits per heavy atom. The van der Waals surface area contributed by atoms with Crippen molar-refractivity contribution in [1.29, 1.82) is 0 Å². The minimum atomic E-state index is -0.667. The molecule has 0 N–H and O–H groups in total. The van der Waals surface area contributed by atoms with Gasteiger partial charge in [0.2, 0.25) is 0 Å². The maximum atomic E-state index is 12.5. The van der Waals surface area contributed by atoms with Crippen LogP contribution in [-0.2, 0) is 14.4 Å². The summed E-state index contributed by atoms with van der Waals surface area (Å²) >= 11 is 0. The molecule has 0 saturated carbocycles. The summed E-state index contributed by atoms with van der Waals surface area (Å²) in [5.41, 5.74) is 1.34. The van der Waals surface area contributed by atoms with Crippen molar-refractivity contribution >= 4 is 29.8 Å². The molecule has 2 aromatic carbocycles. The van der Waals surface area contributed by atoms with E-state index in [-0.39, 0.29) is 28.4 Å². The van der Waals surface area contributed by atoms with Crippen LogP contribution in [0.5, 0.6) is 17.2 Å². The minimum absolute atomic E-state index is 0.0102. The molecule has 0 fully saturated rings. The molecule has 7 heteroatoms. The third kappa shape index (κ3) is 7.56. The summed E-state index contributed by atoms with van der Waals surface area (Å²) in [5.74, 6) is -1.84. The van der Waals surface area contributed by atoms with Gasteiger partial charge in [0.25, 0.3) is 0 Å². The van der Waals surface area contributed by atoms with E-state index in [1.165, 1.54) is 74.5 Å². The molecular formula is C27H24O7. The van der Waals surface area contributed by atoms with Crippen LogP contribution in [0, 0.1) is 0 Å². The lowest BCUT2D eigenvalue weighted by atomic mass is 10.1. The number of rotatable bonds is 9. The third-order valence-electron chi connectivity index (χ3n) is 4.16. The van der Waals surface area contributed by atoms with E-state index in [4.69, 9.17) is 14.2 Å². The first-order chi connectivity index (χ1) is 16.1. The highest BCUT2D eigenvalue weighted by Crippen LogP contribution is 2.30. The van der Waals surface area contributed by atoms with Crippen molar-refractivity contribution in [2.45, 2.75) is 20.8 Å². The smallest absolute Gasteiger partial charge is 0.338 e. The molecule has 0 unspecified atom stereocenters. The number of benzene rings is 2. The zero-order chi connectivity index (χ0) is 25.3. The van der Waals surface area contributed by atoms with Crippen LogP contribution in [0.25, 0.3) is 6.08 Å². The van der Waals surface area contributed by atoms with Gasteiger partial charge in [0.15, 0.2) is 17.3 Å². The second-order valence-corrected chi connectivity index (χ2v) is 7.19. The number of esters is 3. The number of hydrogen-bond donors (Lipinski definition) is 0. The summed E-state index contributed by atoms with van der Waals surface area (Å²) in [6, 6.07) is 10.6. The summed E-state index contributed by atoms with van der Waals surface area (Å²) in [5, 5.41) is 0. The minimum Gasteiger partial charge on any atom is -0.423 e. The van der Waals surface area contributed by atoms with Gasteiger partial charge >= 0.3 is 17.9 Å². The molecule has 2 rings (SSSR count). The van der Waals surface area contributed by atoms with Gasteiger partial charge in [-0.1, -0.05) is 31.4 Å². The van der Waals surface area contributed by atoms with Crippen LogP contribution in [0.15, 0.2) is 85.0 Å². The predicted octanol–water partition coefficient (Wildman–Crippen LogP) is 5.03. The van der Waals surface area contributed by atoms with Gasteiger partial charge in [0.1, 0.15) is 5.75 Å². The van der Waals surface area contributed by atoms with Crippen molar-refractivity contribution in [3.05, 3.63) is 96.1 Å². The average Bonchev–Trinajstić information content (AvgIpc) is 2.79. The molecule has 0 atom stereocenters. The molecule has 0 amide bonds. The van der Waals surface area contributed by atoms with Gasteiger partial charge in [0.05, 0.1) is 0 Å². The van der Waals surface area contributed by atoms with Crippen LogP contribution in [0.4, 0.5) is 0 Å². The van der Waals surface area contributed by atoms with Gasteiger partial charge < -0.3 is 14.2 Å². The monoisotopic (exact) mass is 460 g/mol. The lowest BCUT2D eigenvalue weighted by Gasteiger charge is -2.10. The van der Waals surface area contributed by atoms with Crippen molar-refractivity contribution in [2.75, 3.05) is 0 Å². The van der Waals surface area contributed by atoms with E-state index in [2.05, 4.69) is 13.2 Å². The van der Waals surface area contributed by atoms with Crippen LogP contribution in [0.3, 0.4) is 0 Å². The van der Waals surface area contributed by atoms with Crippen molar-refractivity contribution < 1.29 is 33.4 Å². The Morgan fingerprint density at radius 3 is 1.97 bits per heavy atom. The van der Waals surface area contributed by atoms with E-state index in [1.807, 2.05) is 0 Å². The lowest BCUT2D eigenvalue weighted by molar-refractivity contribution is -0.132. The molecule has 7 nitrogen and oxygen atoms in total. The Kier molecular flexibility index (Phi) is 9.02. The molecule has 174 valence electrons. The standard InChI is InChI=1S/C27H24O7/c1-6-7-25(29)33-24-16-19(9-15-23(24)34-27(31)18(4)5)8-14-22(28)20-10-12-21(13-11-20)32-26(30)17(2)3/h6-16H,2,4H2,1,3,5H3. The third-order valence-corrected chi connectivity index (χ3v) is 4.16. The van der Waals surface area contributed by atoms with Gasteiger partial charge in [-0.2, -0.15) is 0 Å². The number of ketones is 1. The number of allylic oxidation sites excluding steroid dienone is 2. The van der Waals surface area contributed by atoms with Gasteiger partial charge in [-0.15, -0.1) is 0 Å². The van der Waals surface area contributed by atoms with E-state index in [9.17, 15) is 19.2 Å². The summed E-state index contributed by atoms with van der Waals surface area (Å²) in [4.78, 5) is 47.9. The number of carbonyl (C=O) groups is 4. The Labute approximate surface area is 197 Å². The van der Waals surface area contributed by atoms with Gasteiger partial charge in [-0.05, 0) is 68.8 Å². The van der Waals surface area contributed by atoms with Crippen molar-refractivity contribution in [3.8, 4) is 17.2 Å².